The molecule has 0 aromatic carbocycles. The van der Waals surface area contributed by atoms with Crippen molar-refractivity contribution in [2.75, 3.05) is 19.7 Å². The van der Waals surface area contributed by atoms with Gasteiger partial charge < -0.3 is 19.4 Å². The standard InChI is InChI=1S/C19H22N4O4/c1-13-17(26-12-22-13)18(25)23-10-19(11-23)7-15(9-27-19)6-16(24)21-8-14-2-4-20-5-3-14/h2-5,12,15H,6-11H2,1H3,(H,21,24). The van der Waals surface area contributed by atoms with E-state index in [-0.39, 0.29) is 29.1 Å². The highest BCUT2D eigenvalue weighted by Crippen LogP contribution is 2.39. The predicted molar refractivity (Wildman–Crippen MR) is 94.6 cm³/mol. The van der Waals surface area contributed by atoms with Crippen LogP contribution < -0.4 is 5.32 Å². The molecule has 27 heavy (non-hydrogen) atoms. The van der Waals surface area contributed by atoms with E-state index >= 15 is 0 Å². The lowest BCUT2D eigenvalue weighted by Crippen LogP contribution is -2.63. The highest BCUT2D eigenvalue weighted by atomic mass is 16.5. The number of likely N-dealkylation sites (tertiary alicyclic amines) is 1. The summed E-state index contributed by atoms with van der Waals surface area (Å²) in [6.45, 7) is 3.85. The number of rotatable bonds is 5. The first-order valence-corrected chi connectivity index (χ1v) is 9.04. The van der Waals surface area contributed by atoms with Gasteiger partial charge >= 0.3 is 0 Å². The van der Waals surface area contributed by atoms with E-state index in [0.717, 1.165) is 12.0 Å². The van der Waals surface area contributed by atoms with Crippen LogP contribution in [0.25, 0.3) is 0 Å². The van der Waals surface area contributed by atoms with Gasteiger partial charge in [-0.1, -0.05) is 0 Å². The van der Waals surface area contributed by atoms with Crippen LogP contribution in [0, 0.1) is 12.8 Å². The molecule has 0 saturated carbocycles. The largest absolute Gasteiger partial charge is 0.438 e. The van der Waals surface area contributed by atoms with Crippen molar-refractivity contribution in [3.05, 3.63) is 47.9 Å². The van der Waals surface area contributed by atoms with E-state index in [0.29, 0.717) is 38.4 Å². The predicted octanol–water partition coefficient (Wildman–Crippen LogP) is 1.32. The molecule has 2 aromatic rings. The fourth-order valence-corrected chi connectivity index (χ4v) is 3.77. The van der Waals surface area contributed by atoms with Crippen LogP contribution in [0.1, 0.15) is 34.7 Å². The van der Waals surface area contributed by atoms with Gasteiger partial charge in [0.2, 0.25) is 11.7 Å². The number of hydrogen-bond donors (Lipinski definition) is 1. The van der Waals surface area contributed by atoms with Gasteiger partial charge in [-0.05, 0) is 37.0 Å². The average molecular weight is 370 g/mol. The van der Waals surface area contributed by atoms with E-state index in [1.807, 2.05) is 12.1 Å². The zero-order valence-corrected chi connectivity index (χ0v) is 15.2. The van der Waals surface area contributed by atoms with Gasteiger partial charge in [0.25, 0.3) is 5.91 Å². The summed E-state index contributed by atoms with van der Waals surface area (Å²) in [7, 11) is 0. The Kier molecular flexibility index (Phi) is 4.65. The van der Waals surface area contributed by atoms with Crippen LogP contribution in [0.15, 0.2) is 35.3 Å². The zero-order valence-electron chi connectivity index (χ0n) is 15.2. The number of pyridine rings is 1. The quantitative estimate of drug-likeness (QED) is 0.852. The van der Waals surface area contributed by atoms with Crippen LogP contribution in [0.4, 0.5) is 0 Å². The second-order valence-corrected chi connectivity index (χ2v) is 7.33. The van der Waals surface area contributed by atoms with E-state index in [1.54, 1.807) is 24.2 Å². The maximum atomic E-state index is 12.4. The minimum atomic E-state index is -0.320. The Labute approximate surface area is 156 Å². The zero-order chi connectivity index (χ0) is 18.9. The molecule has 1 unspecified atom stereocenters. The summed E-state index contributed by atoms with van der Waals surface area (Å²) >= 11 is 0. The van der Waals surface area contributed by atoms with Crippen LogP contribution in [0.5, 0.6) is 0 Å². The number of carbonyl (C=O) groups excluding carboxylic acids is 2. The van der Waals surface area contributed by atoms with Crippen molar-refractivity contribution in [3.8, 4) is 0 Å². The molecular formula is C19H22N4O4. The number of carbonyl (C=O) groups is 2. The van der Waals surface area contributed by atoms with Crippen molar-refractivity contribution < 1.29 is 18.7 Å². The van der Waals surface area contributed by atoms with Crippen LogP contribution >= 0.6 is 0 Å². The van der Waals surface area contributed by atoms with E-state index in [9.17, 15) is 9.59 Å². The summed E-state index contributed by atoms with van der Waals surface area (Å²) in [5.41, 5.74) is 1.30. The molecule has 1 N–H and O–H groups in total. The van der Waals surface area contributed by atoms with E-state index in [4.69, 9.17) is 9.15 Å². The molecule has 4 heterocycles. The summed E-state index contributed by atoms with van der Waals surface area (Å²) in [4.78, 5) is 34.2. The number of oxazole rings is 1. The van der Waals surface area contributed by atoms with Crippen molar-refractivity contribution in [1.29, 1.82) is 0 Å². The summed E-state index contributed by atoms with van der Waals surface area (Å²) in [5, 5.41) is 2.93. The molecular weight excluding hydrogens is 348 g/mol. The topological polar surface area (TPSA) is 97.6 Å². The third-order valence-corrected chi connectivity index (χ3v) is 5.18. The SMILES string of the molecule is Cc1ncoc1C(=O)N1CC2(CC(CC(=O)NCc3ccncc3)CO2)C1. The Morgan fingerprint density at radius 1 is 1.33 bits per heavy atom. The number of aromatic nitrogens is 2. The second kappa shape index (κ2) is 7.11. The summed E-state index contributed by atoms with van der Waals surface area (Å²) < 4.78 is 11.1. The molecule has 2 aliphatic rings. The molecule has 142 valence electrons. The minimum absolute atomic E-state index is 0.0157. The Morgan fingerprint density at radius 3 is 2.81 bits per heavy atom. The van der Waals surface area contributed by atoms with Crippen LogP contribution in [-0.4, -0.2) is 52.0 Å². The molecule has 8 heteroatoms. The van der Waals surface area contributed by atoms with Crippen molar-refractivity contribution in [2.24, 2.45) is 5.92 Å². The lowest BCUT2D eigenvalue weighted by Gasteiger charge is -2.46. The molecule has 1 atom stereocenters. The van der Waals surface area contributed by atoms with E-state index < -0.39 is 0 Å². The Morgan fingerprint density at radius 2 is 2.11 bits per heavy atom. The molecule has 2 fully saturated rings. The summed E-state index contributed by atoms with van der Waals surface area (Å²) in [6.07, 6.45) is 5.92. The number of nitrogens with one attached hydrogen (secondary N) is 1. The van der Waals surface area contributed by atoms with Crippen LogP contribution in [0.3, 0.4) is 0 Å². The number of aryl methyl sites for hydroxylation is 1. The van der Waals surface area contributed by atoms with Crippen molar-refractivity contribution in [3.63, 3.8) is 0 Å². The van der Waals surface area contributed by atoms with Crippen LogP contribution in [-0.2, 0) is 16.1 Å². The molecule has 1 spiro atoms. The first-order valence-electron chi connectivity index (χ1n) is 9.04. The van der Waals surface area contributed by atoms with E-state index in [2.05, 4.69) is 15.3 Å². The molecule has 0 radical (unpaired) electrons. The third-order valence-electron chi connectivity index (χ3n) is 5.18. The van der Waals surface area contributed by atoms with Crippen molar-refractivity contribution in [2.45, 2.75) is 31.9 Å². The maximum Gasteiger partial charge on any atom is 0.291 e. The van der Waals surface area contributed by atoms with Gasteiger partial charge in [0, 0.05) is 25.4 Å². The van der Waals surface area contributed by atoms with Gasteiger partial charge in [0.05, 0.1) is 25.4 Å². The van der Waals surface area contributed by atoms with Gasteiger partial charge in [-0.25, -0.2) is 4.98 Å². The summed E-state index contributed by atoms with van der Waals surface area (Å²) in [6, 6.07) is 3.76. The Balaban J connectivity index is 1.23. The number of amides is 2. The molecule has 0 bridgehead atoms. The molecule has 2 aromatic heterocycles. The average Bonchev–Trinajstić information content (AvgIpc) is 3.25. The van der Waals surface area contributed by atoms with Crippen LogP contribution in [0.2, 0.25) is 0 Å². The molecule has 4 rings (SSSR count). The molecule has 8 nitrogen and oxygen atoms in total. The number of ether oxygens (including phenoxy) is 1. The first-order chi connectivity index (χ1) is 13.0. The molecule has 2 saturated heterocycles. The fraction of sp³-hybridized carbons (Fsp3) is 0.474. The third kappa shape index (κ3) is 3.71. The summed E-state index contributed by atoms with van der Waals surface area (Å²) in [5.74, 6) is 0.321. The molecule has 2 aliphatic heterocycles. The Bertz CT molecular complexity index is 829. The lowest BCUT2D eigenvalue weighted by atomic mass is 9.85. The Hall–Kier alpha value is -2.74. The van der Waals surface area contributed by atoms with Crippen molar-refractivity contribution >= 4 is 11.8 Å². The van der Waals surface area contributed by atoms with Gasteiger partial charge in [0.1, 0.15) is 5.60 Å². The van der Waals surface area contributed by atoms with Gasteiger partial charge in [-0.2, -0.15) is 0 Å². The molecule has 2 amide bonds. The second-order valence-electron chi connectivity index (χ2n) is 7.33. The van der Waals surface area contributed by atoms with E-state index in [1.165, 1.54) is 6.39 Å². The highest BCUT2D eigenvalue weighted by molar-refractivity contribution is 5.93. The minimum Gasteiger partial charge on any atom is -0.438 e. The smallest absolute Gasteiger partial charge is 0.291 e. The number of hydrogen-bond acceptors (Lipinski definition) is 6. The number of nitrogens with zero attached hydrogens (tertiary/aromatic N) is 3. The monoisotopic (exact) mass is 370 g/mol. The molecule has 0 aliphatic carbocycles. The maximum absolute atomic E-state index is 12.4. The first kappa shape index (κ1) is 17.7. The fourth-order valence-electron chi connectivity index (χ4n) is 3.77. The normalized spacial score (nSPS) is 20.5. The lowest BCUT2D eigenvalue weighted by molar-refractivity contribution is -0.122. The van der Waals surface area contributed by atoms with Crippen molar-refractivity contribution in [1.82, 2.24) is 20.2 Å². The van der Waals surface area contributed by atoms with Gasteiger partial charge in [0.15, 0.2) is 6.39 Å². The highest BCUT2D eigenvalue weighted by Gasteiger charge is 2.52. The van der Waals surface area contributed by atoms with Gasteiger partial charge in [-0.15, -0.1) is 0 Å². The van der Waals surface area contributed by atoms with Gasteiger partial charge in [-0.3, -0.25) is 14.6 Å².